The summed E-state index contributed by atoms with van der Waals surface area (Å²) in [4.78, 5) is 19.5. The SMILES string of the molecule is Nc1ncc(C(=O)c2ccc(Cl)cc2)c(N)n1. The highest BCUT2D eigenvalue weighted by Gasteiger charge is 2.14. The van der Waals surface area contributed by atoms with Crippen LogP contribution in [-0.4, -0.2) is 15.8 Å². The lowest BCUT2D eigenvalue weighted by Crippen LogP contribution is -2.09. The van der Waals surface area contributed by atoms with Gasteiger partial charge < -0.3 is 11.5 Å². The van der Waals surface area contributed by atoms with Crippen molar-refractivity contribution in [2.24, 2.45) is 0 Å². The first-order chi connectivity index (χ1) is 8.08. The first-order valence-corrected chi connectivity index (χ1v) is 5.14. The van der Waals surface area contributed by atoms with Crippen LogP contribution in [0.15, 0.2) is 30.5 Å². The number of carbonyl (C=O) groups is 1. The molecular weight excluding hydrogens is 240 g/mol. The summed E-state index contributed by atoms with van der Waals surface area (Å²) in [5, 5.41) is 0.558. The van der Waals surface area contributed by atoms with Gasteiger partial charge in [0.1, 0.15) is 5.82 Å². The predicted molar refractivity (Wildman–Crippen MR) is 65.7 cm³/mol. The Bertz CT molecular complexity index is 568. The zero-order chi connectivity index (χ0) is 12.4. The minimum absolute atomic E-state index is 0.0372. The first kappa shape index (κ1) is 11.3. The Balaban J connectivity index is 2.40. The van der Waals surface area contributed by atoms with Crippen molar-refractivity contribution < 1.29 is 4.79 Å². The lowest BCUT2D eigenvalue weighted by atomic mass is 10.1. The molecule has 0 spiro atoms. The molecule has 0 aliphatic heterocycles. The fourth-order valence-corrected chi connectivity index (χ4v) is 1.47. The van der Waals surface area contributed by atoms with Crippen LogP contribution in [0.25, 0.3) is 0 Å². The topological polar surface area (TPSA) is 94.9 Å². The fourth-order valence-electron chi connectivity index (χ4n) is 1.34. The molecule has 0 fully saturated rings. The maximum absolute atomic E-state index is 12.0. The molecule has 86 valence electrons. The number of aromatic nitrogens is 2. The van der Waals surface area contributed by atoms with Crippen molar-refractivity contribution >= 4 is 29.2 Å². The molecule has 0 unspecified atom stereocenters. The summed E-state index contributed by atoms with van der Waals surface area (Å²) in [6.07, 6.45) is 1.31. The Morgan fingerprint density at radius 3 is 2.41 bits per heavy atom. The molecule has 0 radical (unpaired) electrons. The van der Waals surface area contributed by atoms with Gasteiger partial charge in [0, 0.05) is 16.8 Å². The lowest BCUT2D eigenvalue weighted by molar-refractivity contribution is 0.103. The van der Waals surface area contributed by atoms with Gasteiger partial charge in [0.25, 0.3) is 0 Å². The molecule has 2 rings (SSSR count). The van der Waals surface area contributed by atoms with Crippen LogP contribution in [0.2, 0.25) is 5.02 Å². The molecule has 0 atom stereocenters. The van der Waals surface area contributed by atoms with E-state index < -0.39 is 0 Å². The zero-order valence-electron chi connectivity index (χ0n) is 8.72. The molecule has 4 N–H and O–H groups in total. The zero-order valence-corrected chi connectivity index (χ0v) is 9.48. The second-order valence-electron chi connectivity index (χ2n) is 3.36. The van der Waals surface area contributed by atoms with Crippen molar-refractivity contribution in [2.45, 2.75) is 0 Å². The summed E-state index contributed by atoms with van der Waals surface area (Å²) in [7, 11) is 0. The van der Waals surface area contributed by atoms with E-state index in [1.165, 1.54) is 6.20 Å². The minimum Gasteiger partial charge on any atom is -0.383 e. The fraction of sp³-hybridized carbons (Fsp3) is 0. The molecule has 1 aromatic heterocycles. The number of carbonyl (C=O) groups excluding carboxylic acids is 1. The summed E-state index contributed by atoms with van der Waals surface area (Å²) in [5.41, 5.74) is 11.7. The van der Waals surface area contributed by atoms with E-state index in [-0.39, 0.29) is 23.1 Å². The van der Waals surface area contributed by atoms with E-state index in [9.17, 15) is 4.79 Å². The van der Waals surface area contributed by atoms with Crippen molar-refractivity contribution in [1.29, 1.82) is 0 Å². The van der Waals surface area contributed by atoms with E-state index in [1.807, 2.05) is 0 Å². The Morgan fingerprint density at radius 2 is 1.82 bits per heavy atom. The van der Waals surface area contributed by atoms with Gasteiger partial charge in [0.15, 0.2) is 5.78 Å². The van der Waals surface area contributed by atoms with Crippen LogP contribution in [0.5, 0.6) is 0 Å². The third kappa shape index (κ3) is 2.34. The second kappa shape index (κ2) is 4.39. The smallest absolute Gasteiger partial charge is 0.221 e. The maximum atomic E-state index is 12.0. The number of nitrogens with two attached hydrogens (primary N) is 2. The van der Waals surface area contributed by atoms with Crippen molar-refractivity contribution in [1.82, 2.24) is 9.97 Å². The normalized spacial score (nSPS) is 10.2. The van der Waals surface area contributed by atoms with E-state index in [0.29, 0.717) is 10.6 Å². The number of hydrogen-bond donors (Lipinski definition) is 2. The van der Waals surface area contributed by atoms with Gasteiger partial charge in [-0.3, -0.25) is 4.79 Å². The maximum Gasteiger partial charge on any atom is 0.221 e. The highest BCUT2D eigenvalue weighted by molar-refractivity contribution is 6.30. The van der Waals surface area contributed by atoms with Crippen LogP contribution in [0.4, 0.5) is 11.8 Å². The number of hydrogen-bond acceptors (Lipinski definition) is 5. The van der Waals surface area contributed by atoms with Crippen LogP contribution >= 0.6 is 11.6 Å². The molecule has 0 saturated heterocycles. The third-order valence-electron chi connectivity index (χ3n) is 2.19. The van der Waals surface area contributed by atoms with E-state index >= 15 is 0 Å². The quantitative estimate of drug-likeness (QED) is 0.786. The largest absolute Gasteiger partial charge is 0.383 e. The van der Waals surface area contributed by atoms with Crippen LogP contribution < -0.4 is 11.5 Å². The average Bonchev–Trinajstić information content (AvgIpc) is 2.29. The van der Waals surface area contributed by atoms with Gasteiger partial charge in [-0.05, 0) is 24.3 Å². The molecular formula is C11H9ClN4O. The first-order valence-electron chi connectivity index (χ1n) is 4.76. The molecule has 1 aromatic carbocycles. The average molecular weight is 249 g/mol. The van der Waals surface area contributed by atoms with Gasteiger partial charge in [0.2, 0.25) is 5.95 Å². The Hall–Kier alpha value is -2.14. The summed E-state index contributed by atoms with van der Waals surface area (Å²) in [6, 6.07) is 6.48. The van der Waals surface area contributed by atoms with E-state index in [0.717, 1.165) is 0 Å². The van der Waals surface area contributed by atoms with E-state index in [2.05, 4.69) is 9.97 Å². The van der Waals surface area contributed by atoms with Gasteiger partial charge in [-0.25, -0.2) is 4.98 Å². The Kier molecular flexibility index (Phi) is 2.93. The highest BCUT2D eigenvalue weighted by Crippen LogP contribution is 2.16. The number of halogens is 1. The molecule has 0 aliphatic rings. The summed E-state index contributed by atoms with van der Waals surface area (Å²) in [5.74, 6) is -0.160. The molecule has 2 aromatic rings. The minimum atomic E-state index is -0.265. The molecule has 0 aliphatic carbocycles. The van der Waals surface area contributed by atoms with Gasteiger partial charge in [0.05, 0.1) is 5.56 Å². The van der Waals surface area contributed by atoms with Crippen LogP contribution in [0, 0.1) is 0 Å². The number of anilines is 2. The third-order valence-corrected chi connectivity index (χ3v) is 2.44. The lowest BCUT2D eigenvalue weighted by Gasteiger charge is -2.04. The molecule has 5 nitrogen and oxygen atoms in total. The van der Waals surface area contributed by atoms with E-state index in [4.69, 9.17) is 23.1 Å². The number of rotatable bonds is 2. The number of ketones is 1. The standard InChI is InChI=1S/C11H9ClN4O/c12-7-3-1-6(2-4-7)9(17)8-5-15-11(14)16-10(8)13/h1-5H,(H4,13,14,15,16). The molecule has 0 amide bonds. The molecule has 0 bridgehead atoms. The highest BCUT2D eigenvalue weighted by atomic mass is 35.5. The van der Waals surface area contributed by atoms with Crippen LogP contribution in [0.3, 0.4) is 0 Å². The number of nitrogen functional groups attached to an aromatic ring is 2. The second-order valence-corrected chi connectivity index (χ2v) is 3.80. The molecule has 1 heterocycles. The predicted octanol–water partition coefficient (Wildman–Crippen LogP) is 1.53. The number of benzene rings is 1. The van der Waals surface area contributed by atoms with Gasteiger partial charge in [-0.15, -0.1) is 0 Å². The Morgan fingerprint density at radius 1 is 1.18 bits per heavy atom. The van der Waals surface area contributed by atoms with Crippen LogP contribution in [-0.2, 0) is 0 Å². The summed E-state index contributed by atoms with van der Waals surface area (Å²) >= 11 is 5.74. The van der Waals surface area contributed by atoms with Crippen molar-refractivity contribution in [3.63, 3.8) is 0 Å². The number of nitrogens with zero attached hydrogens (tertiary/aromatic N) is 2. The summed E-state index contributed by atoms with van der Waals surface area (Å²) in [6.45, 7) is 0. The van der Waals surface area contributed by atoms with Gasteiger partial charge in [-0.1, -0.05) is 11.6 Å². The van der Waals surface area contributed by atoms with Crippen molar-refractivity contribution in [2.75, 3.05) is 11.5 Å². The van der Waals surface area contributed by atoms with Crippen LogP contribution in [0.1, 0.15) is 15.9 Å². The Labute approximate surface area is 102 Å². The molecule has 17 heavy (non-hydrogen) atoms. The molecule has 0 saturated carbocycles. The van der Waals surface area contributed by atoms with Gasteiger partial charge >= 0.3 is 0 Å². The van der Waals surface area contributed by atoms with E-state index in [1.54, 1.807) is 24.3 Å². The molecule has 6 heteroatoms. The summed E-state index contributed by atoms with van der Waals surface area (Å²) < 4.78 is 0. The monoisotopic (exact) mass is 248 g/mol. The van der Waals surface area contributed by atoms with Gasteiger partial charge in [-0.2, -0.15) is 4.98 Å². The van der Waals surface area contributed by atoms with Crippen molar-refractivity contribution in [3.05, 3.63) is 46.6 Å². The van der Waals surface area contributed by atoms with Crippen molar-refractivity contribution in [3.8, 4) is 0 Å².